The van der Waals surface area contributed by atoms with Crippen molar-refractivity contribution in [2.45, 2.75) is 6.42 Å². The Morgan fingerprint density at radius 2 is 1.69 bits per heavy atom. The van der Waals surface area contributed by atoms with Gasteiger partial charge < -0.3 is 20.4 Å². The zero-order chi connectivity index (χ0) is 25.7. The Bertz CT molecular complexity index is 1340. The molecule has 4 rings (SSSR count). The van der Waals surface area contributed by atoms with Gasteiger partial charge in [0.2, 0.25) is 5.91 Å². The number of fused-ring (bicyclic) bond motifs is 1. The van der Waals surface area contributed by atoms with Gasteiger partial charge in [-0.05, 0) is 49.5 Å². The summed E-state index contributed by atoms with van der Waals surface area (Å²) in [5.41, 5.74) is 5.62. The van der Waals surface area contributed by atoms with Crippen molar-refractivity contribution in [1.82, 2.24) is 9.80 Å². The fourth-order valence-electron chi connectivity index (χ4n) is 4.01. The number of nitriles is 1. The Balaban J connectivity index is 1.60. The molecule has 3 aromatic rings. The summed E-state index contributed by atoms with van der Waals surface area (Å²) in [4.78, 5) is 29.4. The van der Waals surface area contributed by atoms with Crippen LogP contribution in [-0.4, -0.2) is 55.8 Å². The Labute approximate surface area is 211 Å². The third kappa shape index (κ3) is 5.62. The lowest BCUT2D eigenvalue weighted by molar-refractivity contribution is -0.129. The molecule has 0 radical (unpaired) electrons. The first kappa shape index (κ1) is 24.7. The molecule has 2 N–H and O–H groups in total. The number of likely N-dealkylation sites (N-methyl/N-ethyl adjacent to an activating group) is 2. The van der Waals surface area contributed by atoms with Crippen LogP contribution in [0.4, 0.5) is 11.4 Å². The van der Waals surface area contributed by atoms with Gasteiger partial charge in [-0.1, -0.05) is 48.5 Å². The normalized spacial score (nSPS) is 13.6. The van der Waals surface area contributed by atoms with Crippen LogP contribution >= 0.6 is 0 Å². The molecule has 0 atom stereocenters. The highest BCUT2D eigenvalue weighted by molar-refractivity contribution is 6.37. The molecule has 7 heteroatoms. The molecule has 1 heterocycles. The topological polar surface area (TPSA) is 88.5 Å². The largest absolute Gasteiger partial charge is 0.354 e. The van der Waals surface area contributed by atoms with E-state index in [-0.39, 0.29) is 11.8 Å². The second-order valence-corrected chi connectivity index (χ2v) is 9.06. The summed E-state index contributed by atoms with van der Waals surface area (Å²) in [5.74, 6) is -0.157. The van der Waals surface area contributed by atoms with Crippen LogP contribution < -0.4 is 10.6 Å². The highest BCUT2D eigenvalue weighted by Gasteiger charge is 2.28. The van der Waals surface area contributed by atoms with Crippen LogP contribution in [0.3, 0.4) is 0 Å². The van der Waals surface area contributed by atoms with Crippen molar-refractivity contribution in [3.63, 3.8) is 0 Å². The molecule has 0 fully saturated rings. The molecular weight excluding hydrogens is 450 g/mol. The maximum absolute atomic E-state index is 13.0. The first-order chi connectivity index (χ1) is 17.4. The number of benzene rings is 3. The first-order valence-corrected chi connectivity index (χ1v) is 11.8. The number of carbonyl (C=O) groups excluding carboxylic acids is 2. The Morgan fingerprint density at radius 3 is 2.36 bits per heavy atom. The number of anilines is 2. The average Bonchev–Trinajstić information content (AvgIpc) is 3.21. The van der Waals surface area contributed by atoms with Gasteiger partial charge in [0.15, 0.2) is 0 Å². The van der Waals surface area contributed by atoms with E-state index in [2.05, 4.69) is 21.6 Å². The van der Waals surface area contributed by atoms with Gasteiger partial charge in [0.25, 0.3) is 5.91 Å². The van der Waals surface area contributed by atoms with Crippen LogP contribution in [0.15, 0.2) is 72.8 Å². The van der Waals surface area contributed by atoms with Crippen molar-refractivity contribution in [1.29, 1.82) is 5.26 Å². The molecule has 0 aromatic heterocycles. The zero-order valence-corrected chi connectivity index (χ0v) is 20.7. The van der Waals surface area contributed by atoms with Gasteiger partial charge in [0, 0.05) is 31.4 Å². The molecule has 0 bridgehead atoms. The van der Waals surface area contributed by atoms with E-state index in [0.29, 0.717) is 35.5 Å². The van der Waals surface area contributed by atoms with Crippen molar-refractivity contribution in [3.8, 4) is 6.07 Å². The Hall–Kier alpha value is -4.41. The summed E-state index contributed by atoms with van der Waals surface area (Å²) in [6.45, 7) is 1.50. The number of rotatable bonds is 8. The minimum atomic E-state index is -0.227. The van der Waals surface area contributed by atoms with Crippen molar-refractivity contribution in [3.05, 3.63) is 95.1 Å². The van der Waals surface area contributed by atoms with Crippen LogP contribution in [0, 0.1) is 11.3 Å². The summed E-state index contributed by atoms with van der Waals surface area (Å²) in [5, 5.41) is 15.5. The minimum absolute atomic E-state index is 0.0700. The third-order valence-corrected chi connectivity index (χ3v) is 6.09. The van der Waals surface area contributed by atoms with E-state index in [4.69, 9.17) is 0 Å². The number of nitrogens with zero attached hydrogens (tertiary/aromatic N) is 3. The third-order valence-electron chi connectivity index (χ3n) is 6.09. The van der Waals surface area contributed by atoms with E-state index in [9.17, 15) is 14.9 Å². The highest BCUT2D eigenvalue weighted by atomic mass is 16.2. The van der Waals surface area contributed by atoms with E-state index in [1.165, 1.54) is 0 Å². The van der Waals surface area contributed by atoms with Gasteiger partial charge in [0.05, 0.1) is 35.0 Å². The van der Waals surface area contributed by atoms with Gasteiger partial charge >= 0.3 is 0 Å². The quantitative estimate of drug-likeness (QED) is 0.476. The molecule has 3 aromatic carbocycles. The van der Waals surface area contributed by atoms with Crippen molar-refractivity contribution in [2.24, 2.45) is 0 Å². The van der Waals surface area contributed by atoms with E-state index >= 15 is 0 Å². The lowest BCUT2D eigenvalue weighted by Gasteiger charge is -2.20. The summed E-state index contributed by atoms with van der Waals surface area (Å²) in [6, 6.07) is 24.6. The molecule has 0 aliphatic carbocycles. The standard InChI is InChI=1S/C29H29N5O2/c1-33(2)15-16-34(3)26(35)18-20-9-12-23(13-10-20)31-28(22-7-5-4-6-8-22)27-24-14-11-21(19-30)17-25(24)32-29(27)36/h4-14,17,31H,15-16,18H2,1-3H3,(H,32,36)/b28-27-. The predicted octanol–water partition coefficient (Wildman–Crippen LogP) is 4.05. The van der Waals surface area contributed by atoms with Gasteiger partial charge in [-0.15, -0.1) is 0 Å². The summed E-state index contributed by atoms with van der Waals surface area (Å²) < 4.78 is 0. The van der Waals surface area contributed by atoms with Crippen LogP contribution in [0.2, 0.25) is 0 Å². The van der Waals surface area contributed by atoms with Gasteiger partial charge in [-0.3, -0.25) is 9.59 Å². The highest BCUT2D eigenvalue weighted by Crippen LogP contribution is 2.38. The van der Waals surface area contributed by atoms with Crippen molar-refractivity contribution in [2.75, 3.05) is 44.9 Å². The molecular formula is C29H29N5O2. The SMILES string of the molecule is CN(C)CCN(C)C(=O)Cc1ccc(N/C(=C2\C(=O)Nc3cc(C#N)ccc32)c2ccccc2)cc1. The predicted molar refractivity (Wildman–Crippen MR) is 143 cm³/mol. The molecule has 1 aliphatic heterocycles. The van der Waals surface area contributed by atoms with Crippen LogP contribution in [0.25, 0.3) is 11.3 Å². The molecule has 2 amide bonds. The van der Waals surface area contributed by atoms with Crippen molar-refractivity contribution < 1.29 is 9.59 Å². The lowest BCUT2D eigenvalue weighted by atomic mass is 9.99. The fourth-order valence-corrected chi connectivity index (χ4v) is 4.01. The minimum Gasteiger partial charge on any atom is -0.354 e. The first-order valence-electron chi connectivity index (χ1n) is 11.8. The van der Waals surface area contributed by atoms with Crippen LogP contribution in [-0.2, 0) is 16.0 Å². The molecule has 0 spiro atoms. The molecule has 0 unspecified atom stereocenters. The lowest BCUT2D eigenvalue weighted by Crippen LogP contribution is -2.34. The molecule has 0 saturated heterocycles. The zero-order valence-electron chi connectivity index (χ0n) is 20.7. The smallest absolute Gasteiger partial charge is 0.258 e. The second kappa shape index (κ2) is 10.9. The van der Waals surface area contributed by atoms with Crippen LogP contribution in [0.5, 0.6) is 0 Å². The Kier molecular flexibility index (Phi) is 7.47. The van der Waals surface area contributed by atoms with Gasteiger partial charge in [-0.2, -0.15) is 5.26 Å². The monoisotopic (exact) mass is 479 g/mol. The Morgan fingerprint density at radius 1 is 0.972 bits per heavy atom. The number of hydrogen-bond acceptors (Lipinski definition) is 5. The molecule has 7 nitrogen and oxygen atoms in total. The average molecular weight is 480 g/mol. The number of amides is 2. The second-order valence-electron chi connectivity index (χ2n) is 9.06. The maximum Gasteiger partial charge on any atom is 0.258 e. The number of nitrogens with one attached hydrogen (secondary N) is 2. The van der Waals surface area contributed by atoms with E-state index < -0.39 is 0 Å². The number of carbonyl (C=O) groups is 2. The number of hydrogen-bond donors (Lipinski definition) is 2. The molecule has 36 heavy (non-hydrogen) atoms. The van der Waals surface area contributed by atoms with Gasteiger partial charge in [0.1, 0.15) is 0 Å². The van der Waals surface area contributed by atoms with Gasteiger partial charge in [-0.25, -0.2) is 0 Å². The molecule has 1 aliphatic rings. The molecule has 0 saturated carbocycles. The van der Waals surface area contributed by atoms with E-state index in [1.54, 1.807) is 23.1 Å². The summed E-state index contributed by atoms with van der Waals surface area (Å²) >= 11 is 0. The molecule has 182 valence electrons. The maximum atomic E-state index is 13.0. The van der Waals surface area contributed by atoms with E-state index in [0.717, 1.165) is 28.9 Å². The van der Waals surface area contributed by atoms with E-state index in [1.807, 2.05) is 75.7 Å². The summed E-state index contributed by atoms with van der Waals surface area (Å²) in [6.07, 6.45) is 0.327. The summed E-state index contributed by atoms with van der Waals surface area (Å²) in [7, 11) is 5.80. The van der Waals surface area contributed by atoms with Crippen LogP contribution in [0.1, 0.15) is 22.3 Å². The van der Waals surface area contributed by atoms with Crippen molar-refractivity contribution >= 4 is 34.5 Å². The fraction of sp³-hybridized carbons (Fsp3) is 0.207.